The van der Waals surface area contributed by atoms with Crippen molar-refractivity contribution in [1.82, 2.24) is 5.16 Å². The zero-order valence-electron chi connectivity index (χ0n) is 11.9. The largest absolute Gasteiger partial charge is 0.360 e. The van der Waals surface area contributed by atoms with E-state index in [4.69, 9.17) is 4.52 Å². The van der Waals surface area contributed by atoms with Crippen LogP contribution in [-0.2, 0) is 9.59 Å². The van der Waals surface area contributed by atoms with Gasteiger partial charge >= 0.3 is 0 Å². The van der Waals surface area contributed by atoms with Crippen molar-refractivity contribution >= 4 is 23.3 Å². The highest BCUT2D eigenvalue weighted by molar-refractivity contribution is 6.03. The zero-order chi connectivity index (χ0) is 15.7. The van der Waals surface area contributed by atoms with Crippen molar-refractivity contribution in [3.05, 3.63) is 41.9 Å². The molecule has 1 saturated heterocycles. The molecule has 1 aliphatic heterocycles. The number of hydrogen-bond donors (Lipinski definition) is 1. The van der Waals surface area contributed by atoms with Crippen molar-refractivity contribution in [2.24, 2.45) is 5.92 Å². The first-order valence-electron chi connectivity index (χ1n) is 6.83. The minimum absolute atomic E-state index is 0.0903. The molecule has 1 aliphatic rings. The summed E-state index contributed by atoms with van der Waals surface area (Å²) in [5.41, 5.74) is 0.369. The van der Waals surface area contributed by atoms with E-state index in [-0.39, 0.29) is 24.8 Å². The van der Waals surface area contributed by atoms with Gasteiger partial charge in [-0.05, 0) is 25.1 Å². The van der Waals surface area contributed by atoms with E-state index in [1.807, 2.05) is 0 Å². The molecule has 1 fully saturated rings. The Bertz CT molecular complexity index is 728. The number of carbonyl (C=O) groups is 2. The molecule has 2 amide bonds. The van der Waals surface area contributed by atoms with Crippen molar-refractivity contribution in [1.29, 1.82) is 0 Å². The maximum atomic E-state index is 13.1. The molecular weight excluding hydrogens is 289 g/mol. The molecule has 7 heteroatoms. The van der Waals surface area contributed by atoms with Gasteiger partial charge in [0.2, 0.25) is 11.8 Å². The minimum atomic E-state index is -0.507. The van der Waals surface area contributed by atoms with Gasteiger partial charge in [0.05, 0.1) is 5.92 Å². The molecule has 6 nitrogen and oxygen atoms in total. The van der Waals surface area contributed by atoms with E-state index in [0.717, 1.165) is 0 Å². The van der Waals surface area contributed by atoms with Crippen LogP contribution in [0.15, 0.2) is 34.9 Å². The lowest BCUT2D eigenvalue weighted by molar-refractivity contribution is -0.122. The Balaban J connectivity index is 1.68. The summed E-state index contributed by atoms with van der Waals surface area (Å²) in [5, 5.41) is 6.41. The number of aromatic nitrogens is 1. The maximum absolute atomic E-state index is 13.1. The fourth-order valence-electron chi connectivity index (χ4n) is 2.40. The van der Waals surface area contributed by atoms with Crippen molar-refractivity contribution < 1.29 is 18.5 Å². The number of halogens is 1. The first kappa shape index (κ1) is 14.2. The van der Waals surface area contributed by atoms with Gasteiger partial charge in [-0.2, -0.15) is 0 Å². The Labute approximate surface area is 125 Å². The van der Waals surface area contributed by atoms with Crippen LogP contribution < -0.4 is 10.2 Å². The SMILES string of the molecule is Cc1cc(N2CC(C(=O)Nc3cccc(F)c3)CC2=O)no1. The summed E-state index contributed by atoms with van der Waals surface area (Å²) in [7, 11) is 0. The van der Waals surface area contributed by atoms with Gasteiger partial charge in [-0.1, -0.05) is 11.2 Å². The molecule has 0 saturated carbocycles. The molecule has 0 spiro atoms. The van der Waals surface area contributed by atoms with Crippen LogP contribution in [0.4, 0.5) is 15.9 Å². The third-order valence-electron chi connectivity index (χ3n) is 3.48. The quantitative estimate of drug-likeness (QED) is 0.942. The highest BCUT2D eigenvalue weighted by Crippen LogP contribution is 2.25. The topological polar surface area (TPSA) is 75.4 Å². The van der Waals surface area contributed by atoms with Gasteiger partial charge in [-0.25, -0.2) is 4.39 Å². The fraction of sp³-hybridized carbons (Fsp3) is 0.267. The molecule has 114 valence electrons. The van der Waals surface area contributed by atoms with E-state index < -0.39 is 11.7 Å². The van der Waals surface area contributed by atoms with E-state index in [1.54, 1.807) is 19.1 Å². The van der Waals surface area contributed by atoms with Crippen molar-refractivity contribution in [2.45, 2.75) is 13.3 Å². The lowest BCUT2D eigenvalue weighted by Gasteiger charge is -2.13. The number of amides is 2. The molecule has 0 aliphatic carbocycles. The lowest BCUT2D eigenvalue weighted by atomic mass is 10.1. The van der Waals surface area contributed by atoms with Crippen LogP contribution in [0, 0.1) is 18.7 Å². The smallest absolute Gasteiger partial charge is 0.229 e. The van der Waals surface area contributed by atoms with Gasteiger partial charge in [0.15, 0.2) is 5.82 Å². The predicted octanol–water partition coefficient (Wildman–Crippen LogP) is 2.11. The van der Waals surface area contributed by atoms with E-state index in [2.05, 4.69) is 10.5 Å². The molecule has 1 atom stereocenters. The van der Waals surface area contributed by atoms with Gasteiger partial charge in [0, 0.05) is 24.7 Å². The van der Waals surface area contributed by atoms with Crippen LogP contribution in [-0.4, -0.2) is 23.5 Å². The molecule has 1 N–H and O–H groups in total. The number of hydrogen-bond acceptors (Lipinski definition) is 4. The number of aryl methyl sites for hydroxylation is 1. The van der Waals surface area contributed by atoms with Crippen LogP contribution in [0.5, 0.6) is 0 Å². The molecule has 1 aromatic carbocycles. The number of carbonyl (C=O) groups excluding carboxylic acids is 2. The highest BCUT2D eigenvalue weighted by Gasteiger charge is 2.36. The summed E-state index contributed by atoms with van der Waals surface area (Å²) >= 11 is 0. The summed E-state index contributed by atoms with van der Waals surface area (Å²) < 4.78 is 18.1. The summed E-state index contributed by atoms with van der Waals surface area (Å²) in [4.78, 5) is 25.6. The molecule has 0 bridgehead atoms. The normalized spacial score (nSPS) is 17.8. The number of rotatable bonds is 3. The molecular formula is C15H14FN3O3. The average molecular weight is 303 g/mol. The van der Waals surface area contributed by atoms with Crippen LogP contribution >= 0.6 is 0 Å². The molecule has 22 heavy (non-hydrogen) atoms. The Morgan fingerprint density at radius 2 is 2.27 bits per heavy atom. The number of anilines is 2. The molecule has 0 radical (unpaired) electrons. The average Bonchev–Trinajstić information content (AvgIpc) is 3.05. The van der Waals surface area contributed by atoms with Crippen LogP contribution in [0.1, 0.15) is 12.2 Å². The Morgan fingerprint density at radius 3 is 2.95 bits per heavy atom. The van der Waals surface area contributed by atoms with Crippen molar-refractivity contribution in [2.75, 3.05) is 16.8 Å². The summed E-state index contributed by atoms with van der Waals surface area (Å²) in [6.45, 7) is 1.96. The second-order valence-corrected chi connectivity index (χ2v) is 5.20. The summed E-state index contributed by atoms with van der Waals surface area (Å²) in [6, 6.07) is 7.27. The molecule has 3 rings (SSSR count). The standard InChI is InChI=1S/C15H14FN3O3/c1-9-5-13(18-22-9)19-8-10(6-14(19)20)15(21)17-12-4-2-3-11(16)7-12/h2-5,7,10H,6,8H2,1H3,(H,17,21). The lowest BCUT2D eigenvalue weighted by Crippen LogP contribution is -2.28. The second kappa shape index (κ2) is 5.59. The van der Waals surface area contributed by atoms with Crippen LogP contribution in [0.25, 0.3) is 0 Å². The van der Waals surface area contributed by atoms with E-state index in [9.17, 15) is 14.0 Å². The number of nitrogens with one attached hydrogen (secondary N) is 1. The highest BCUT2D eigenvalue weighted by atomic mass is 19.1. The first-order chi connectivity index (χ1) is 10.5. The molecule has 1 aromatic heterocycles. The van der Waals surface area contributed by atoms with Gasteiger partial charge in [0.25, 0.3) is 0 Å². The Kier molecular flexibility index (Phi) is 3.62. The van der Waals surface area contributed by atoms with Crippen molar-refractivity contribution in [3.8, 4) is 0 Å². The minimum Gasteiger partial charge on any atom is -0.360 e. The molecule has 1 unspecified atom stereocenters. The maximum Gasteiger partial charge on any atom is 0.229 e. The van der Waals surface area contributed by atoms with Gasteiger partial charge in [0.1, 0.15) is 11.6 Å². The van der Waals surface area contributed by atoms with Crippen molar-refractivity contribution in [3.63, 3.8) is 0 Å². The van der Waals surface area contributed by atoms with Gasteiger partial charge < -0.3 is 9.84 Å². The fourth-order valence-corrected chi connectivity index (χ4v) is 2.40. The Hall–Kier alpha value is -2.70. The number of nitrogens with zero attached hydrogens (tertiary/aromatic N) is 2. The first-order valence-corrected chi connectivity index (χ1v) is 6.83. The van der Waals surface area contributed by atoms with Gasteiger partial charge in [-0.3, -0.25) is 14.5 Å². The Morgan fingerprint density at radius 1 is 1.45 bits per heavy atom. The van der Waals surface area contributed by atoms with Crippen LogP contribution in [0.3, 0.4) is 0 Å². The summed E-state index contributed by atoms with van der Waals surface area (Å²) in [6.07, 6.45) is 0.0903. The monoisotopic (exact) mass is 303 g/mol. The zero-order valence-corrected chi connectivity index (χ0v) is 11.9. The van der Waals surface area contributed by atoms with Crippen LogP contribution in [0.2, 0.25) is 0 Å². The third-order valence-corrected chi connectivity index (χ3v) is 3.48. The molecule has 2 aromatic rings. The van der Waals surface area contributed by atoms with Gasteiger partial charge in [-0.15, -0.1) is 0 Å². The second-order valence-electron chi connectivity index (χ2n) is 5.20. The predicted molar refractivity (Wildman–Crippen MR) is 76.7 cm³/mol. The summed E-state index contributed by atoms with van der Waals surface area (Å²) in [5.74, 6) is -0.443. The van der Waals surface area contributed by atoms with E-state index in [1.165, 1.54) is 23.1 Å². The molecule has 2 heterocycles. The van der Waals surface area contributed by atoms with E-state index >= 15 is 0 Å². The van der Waals surface area contributed by atoms with E-state index in [0.29, 0.717) is 17.3 Å². The number of benzene rings is 1. The third kappa shape index (κ3) is 2.83.